The molecular weight excluding hydrogens is 529 g/mol. The Kier molecular flexibility index (Phi) is 7.42. The van der Waals surface area contributed by atoms with Crippen LogP contribution in [0.15, 0.2) is 77.7 Å². The molecule has 11 nitrogen and oxygen atoms in total. The summed E-state index contributed by atoms with van der Waals surface area (Å²) in [7, 11) is 1.60. The highest BCUT2D eigenvalue weighted by atomic mass is 19.1. The van der Waals surface area contributed by atoms with E-state index >= 15 is 0 Å². The molecule has 1 aliphatic rings. The molecule has 0 bridgehead atoms. The number of hydrogen-bond acceptors (Lipinski definition) is 8. The van der Waals surface area contributed by atoms with Crippen molar-refractivity contribution in [1.29, 1.82) is 0 Å². The summed E-state index contributed by atoms with van der Waals surface area (Å²) in [6, 6.07) is 15.4. The number of fused-ring (bicyclic) bond motifs is 1. The van der Waals surface area contributed by atoms with E-state index in [9.17, 15) is 9.18 Å². The van der Waals surface area contributed by atoms with Gasteiger partial charge in [0.15, 0.2) is 0 Å². The molecule has 210 valence electrons. The number of urea groups is 1. The number of methoxy groups -OCH3 is 1. The van der Waals surface area contributed by atoms with Crippen molar-refractivity contribution in [3.63, 3.8) is 0 Å². The van der Waals surface area contributed by atoms with Gasteiger partial charge in [-0.2, -0.15) is 14.6 Å². The number of carbonyl (C=O) groups excluding carboxylic acids is 1. The lowest BCUT2D eigenvalue weighted by atomic mass is 10.0. The van der Waals surface area contributed by atoms with Crippen LogP contribution in [-0.4, -0.2) is 63.7 Å². The van der Waals surface area contributed by atoms with Gasteiger partial charge in [-0.3, -0.25) is 10.2 Å². The number of furan rings is 1. The zero-order valence-corrected chi connectivity index (χ0v) is 22.5. The van der Waals surface area contributed by atoms with E-state index in [2.05, 4.69) is 20.6 Å². The van der Waals surface area contributed by atoms with Gasteiger partial charge in [-0.1, -0.05) is 18.2 Å². The van der Waals surface area contributed by atoms with Crippen LogP contribution in [0.2, 0.25) is 0 Å². The average molecular weight is 558 g/mol. The van der Waals surface area contributed by atoms with E-state index in [1.807, 2.05) is 49.4 Å². The number of ether oxygens (including phenoxy) is 1. The van der Waals surface area contributed by atoms with Gasteiger partial charge in [0, 0.05) is 49.1 Å². The third-order valence-electron chi connectivity index (χ3n) is 6.90. The van der Waals surface area contributed by atoms with Gasteiger partial charge in [-0.05, 0) is 48.9 Å². The lowest BCUT2D eigenvalue weighted by Crippen LogP contribution is -2.42. The highest BCUT2D eigenvalue weighted by molar-refractivity contribution is 5.91. The second kappa shape index (κ2) is 11.5. The Labute approximate surface area is 234 Å². The van der Waals surface area contributed by atoms with Crippen molar-refractivity contribution in [1.82, 2.24) is 30.1 Å². The molecule has 5 aromatic rings. The van der Waals surface area contributed by atoms with Gasteiger partial charge in [-0.15, -0.1) is 0 Å². The SMILES string of the molecule is COCCN1C[C@@H](NC(=O)Nc2c(C)c(-c3cnc4occc4c3)nn2-c2ccccc2)[C@H](c2ccnc(F)c2)O1. The van der Waals surface area contributed by atoms with Crippen LogP contribution in [0.25, 0.3) is 28.0 Å². The first kappa shape index (κ1) is 26.6. The number of nitrogens with zero attached hydrogens (tertiary/aromatic N) is 5. The second-order valence-corrected chi connectivity index (χ2v) is 9.63. The summed E-state index contributed by atoms with van der Waals surface area (Å²) >= 11 is 0. The van der Waals surface area contributed by atoms with Crippen LogP contribution < -0.4 is 10.6 Å². The first-order valence-corrected chi connectivity index (χ1v) is 13.1. The van der Waals surface area contributed by atoms with Crippen molar-refractivity contribution >= 4 is 22.9 Å². The van der Waals surface area contributed by atoms with Gasteiger partial charge in [0.25, 0.3) is 0 Å². The van der Waals surface area contributed by atoms with Crippen LogP contribution in [-0.2, 0) is 9.57 Å². The predicted octanol–water partition coefficient (Wildman–Crippen LogP) is 4.65. The molecule has 1 aromatic carbocycles. The molecule has 12 heteroatoms. The van der Waals surface area contributed by atoms with Crippen LogP contribution in [0.3, 0.4) is 0 Å². The quantitative estimate of drug-likeness (QED) is 0.265. The first-order chi connectivity index (χ1) is 20.0. The molecule has 1 aliphatic heterocycles. The third-order valence-corrected chi connectivity index (χ3v) is 6.90. The van der Waals surface area contributed by atoms with E-state index in [4.69, 9.17) is 19.1 Å². The van der Waals surface area contributed by atoms with Crippen LogP contribution in [0.4, 0.5) is 15.0 Å². The monoisotopic (exact) mass is 557 g/mol. The van der Waals surface area contributed by atoms with Crippen molar-refractivity contribution in [3.05, 3.63) is 90.3 Å². The number of para-hydroxylation sites is 1. The van der Waals surface area contributed by atoms with Crippen molar-refractivity contribution in [2.24, 2.45) is 0 Å². The number of hydrogen-bond donors (Lipinski definition) is 2. The molecule has 4 aromatic heterocycles. The molecule has 0 radical (unpaired) electrons. The Morgan fingerprint density at radius 1 is 1.17 bits per heavy atom. The summed E-state index contributed by atoms with van der Waals surface area (Å²) in [6.45, 7) is 3.20. The number of anilines is 1. The normalized spacial score (nSPS) is 17.2. The Morgan fingerprint density at radius 3 is 2.83 bits per heavy atom. The smallest absolute Gasteiger partial charge is 0.320 e. The third kappa shape index (κ3) is 5.53. The maximum Gasteiger partial charge on any atom is 0.320 e. The van der Waals surface area contributed by atoms with E-state index in [0.29, 0.717) is 42.5 Å². The number of carbonyl (C=O) groups is 1. The van der Waals surface area contributed by atoms with E-state index in [1.165, 1.54) is 12.3 Å². The largest absolute Gasteiger partial charge is 0.446 e. The minimum absolute atomic E-state index is 0.379. The van der Waals surface area contributed by atoms with Crippen molar-refractivity contribution < 1.29 is 23.2 Å². The molecule has 6 rings (SSSR count). The predicted molar refractivity (Wildman–Crippen MR) is 149 cm³/mol. The van der Waals surface area contributed by atoms with Gasteiger partial charge < -0.3 is 14.5 Å². The van der Waals surface area contributed by atoms with Crippen LogP contribution in [0.5, 0.6) is 0 Å². The van der Waals surface area contributed by atoms with Crippen LogP contribution in [0.1, 0.15) is 17.2 Å². The van der Waals surface area contributed by atoms with Gasteiger partial charge in [-0.25, -0.2) is 19.4 Å². The molecular formula is C29H28FN7O4. The van der Waals surface area contributed by atoms with Crippen LogP contribution >= 0.6 is 0 Å². The summed E-state index contributed by atoms with van der Waals surface area (Å²) < 4.78 is 26.2. The summed E-state index contributed by atoms with van der Waals surface area (Å²) in [4.78, 5) is 27.6. The van der Waals surface area contributed by atoms with Crippen molar-refractivity contribution in [2.45, 2.75) is 19.1 Å². The number of amides is 2. The van der Waals surface area contributed by atoms with E-state index in [0.717, 1.165) is 22.2 Å². The first-order valence-electron chi connectivity index (χ1n) is 13.1. The molecule has 0 spiro atoms. The Bertz CT molecular complexity index is 1670. The zero-order chi connectivity index (χ0) is 28.3. The number of nitrogens with one attached hydrogen (secondary N) is 2. The summed E-state index contributed by atoms with van der Waals surface area (Å²) in [5.74, 6) is -0.125. The maximum atomic E-state index is 13.9. The van der Waals surface area contributed by atoms with Gasteiger partial charge in [0.05, 0.1) is 30.3 Å². The molecule has 0 aliphatic carbocycles. The molecule has 2 atom stereocenters. The van der Waals surface area contributed by atoms with Gasteiger partial charge in [0.2, 0.25) is 11.7 Å². The highest BCUT2D eigenvalue weighted by Crippen LogP contribution is 2.33. The number of rotatable bonds is 8. The Morgan fingerprint density at radius 2 is 2.02 bits per heavy atom. The topological polar surface area (TPSA) is 120 Å². The number of benzene rings is 1. The van der Waals surface area contributed by atoms with E-state index in [-0.39, 0.29) is 0 Å². The maximum absolute atomic E-state index is 13.9. The van der Waals surface area contributed by atoms with E-state index < -0.39 is 24.1 Å². The molecule has 1 fully saturated rings. The molecule has 2 N–H and O–H groups in total. The number of pyridine rings is 2. The highest BCUT2D eigenvalue weighted by Gasteiger charge is 2.37. The van der Waals surface area contributed by atoms with Gasteiger partial charge in [0.1, 0.15) is 11.9 Å². The molecule has 41 heavy (non-hydrogen) atoms. The van der Waals surface area contributed by atoms with Crippen LogP contribution in [0, 0.1) is 12.9 Å². The zero-order valence-electron chi connectivity index (χ0n) is 22.5. The molecule has 0 unspecified atom stereocenters. The fourth-order valence-electron chi connectivity index (χ4n) is 4.91. The summed E-state index contributed by atoms with van der Waals surface area (Å²) in [5, 5.41) is 13.4. The minimum Gasteiger partial charge on any atom is -0.446 e. The second-order valence-electron chi connectivity index (χ2n) is 9.63. The van der Waals surface area contributed by atoms with E-state index in [1.54, 1.807) is 35.4 Å². The molecule has 1 saturated heterocycles. The van der Waals surface area contributed by atoms with Crippen molar-refractivity contribution in [2.75, 3.05) is 32.1 Å². The molecule has 2 amide bonds. The number of hydroxylamine groups is 2. The average Bonchev–Trinajstić information content (AvgIpc) is 3.70. The lowest BCUT2D eigenvalue weighted by molar-refractivity contribution is -0.154. The number of aromatic nitrogens is 4. The molecule has 0 saturated carbocycles. The van der Waals surface area contributed by atoms with Gasteiger partial charge >= 0.3 is 6.03 Å². The number of halogens is 1. The Balaban J connectivity index is 1.29. The molecule has 5 heterocycles. The van der Waals surface area contributed by atoms with Crippen molar-refractivity contribution in [3.8, 4) is 16.9 Å². The fourth-order valence-corrected chi connectivity index (χ4v) is 4.91. The standard InChI is InChI=1S/C29H28FN7O4/c1-18-25(21-14-20-9-12-40-28(20)32-16-21)35-37(22-6-4-3-5-7-22)27(18)34-29(38)33-23-17-36(11-13-39-2)41-26(23)19-8-10-31-24(30)15-19/h3-10,12,14-16,23,26H,11,13,17H2,1-2H3,(H2,33,34,38)/t23-,26+/m1/s1. The lowest BCUT2D eigenvalue weighted by Gasteiger charge is -2.19. The summed E-state index contributed by atoms with van der Waals surface area (Å²) in [6.07, 6.45) is 4.05. The Hall–Kier alpha value is -4.65. The summed E-state index contributed by atoms with van der Waals surface area (Å²) in [5.41, 5.74) is 4.08. The fraction of sp³-hybridized carbons (Fsp3) is 0.241. The minimum atomic E-state index is -0.623.